The molecule has 0 saturated carbocycles. The Hall–Kier alpha value is -2.82. The van der Waals surface area contributed by atoms with E-state index in [0.717, 1.165) is 17.0 Å². The Morgan fingerprint density at radius 2 is 1.69 bits per heavy atom. The average molecular weight is 352 g/mol. The molecule has 5 nitrogen and oxygen atoms in total. The molecule has 2 amide bonds. The molecular formula is C21H24N2O3. The van der Waals surface area contributed by atoms with E-state index in [2.05, 4.69) is 5.32 Å². The standard InChI is InChI=1S/C21H24N2O3/c1-15-3-7-18(8-4-15)23-14-17(13-20(23)24)21(25)22-11-12-26-19-9-5-16(2)6-10-19/h3-10,17H,11-14H2,1-2H3,(H,22,25)/t17-/m0/s1. The average Bonchev–Trinajstić information content (AvgIpc) is 3.02. The number of anilines is 1. The van der Waals surface area contributed by atoms with Crippen molar-refractivity contribution < 1.29 is 14.3 Å². The molecule has 1 aliphatic rings. The SMILES string of the molecule is Cc1ccc(OCCNC(=O)[C@H]2CC(=O)N(c3ccc(C)cc3)C2)cc1. The lowest BCUT2D eigenvalue weighted by atomic mass is 10.1. The maximum atomic E-state index is 12.3. The van der Waals surface area contributed by atoms with E-state index < -0.39 is 0 Å². The molecule has 1 N–H and O–H groups in total. The molecule has 26 heavy (non-hydrogen) atoms. The number of carbonyl (C=O) groups is 2. The molecule has 0 spiro atoms. The van der Waals surface area contributed by atoms with Crippen LogP contribution in [0.15, 0.2) is 48.5 Å². The van der Waals surface area contributed by atoms with Crippen LogP contribution in [-0.2, 0) is 9.59 Å². The third kappa shape index (κ3) is 4.42. The van der Waals surface area contributed by atoms with Crippen LogP contribution < -0.4 is 15.0 Å². The van der Waals surface area contributed by atoms with E-state index in [-0.39, 0.29) is 24.2 Å². The largest absolute Gasteiger partial charge is 0.492 e. The summed E-state index contributed by atoms with van der Waals surface area (Å²) in [7, 11) is 0. The summed E-state index contributed by atoms with van der Waals surface area (Å²) in [5.74, 6) is 0.361. The number of carbonyl (C=O) groups excluding carboxylic acids is 2. The summed E-state index contributed by atoms with van der Waals surface area (Å²) >= 11 is 0. The zero-order valence-corrected chi connectivity index (χ0v) is 15.2. The van der Waals surface area contributed by atoms with Crippen LogP contribution in [-0.4, -0.2) is 31.5 Å². The Bertz CT molecular complexity index is 769. The summed E-state index contributed by atoms with van der Waals surface area (Å²) < 4.78 is 5.60. The molecule has 0 aliphatic carbocycles. The monoisotopic (exact) mass is 352 g/mol. The number of ether oxygens (including phenoxy) is 1. The van der Waals surface area contributed by atoms with Crippen LogP contribution in [0.3, 0.4) is 0 Å². The summed E-state index contributed by atoms with van der Waals surface area (Å²) in [6, 6.07) is 15.6. The fraction of sp³-hybridized carbons (Fsp3) is 0.333. The molecule has 3 rings (SSSR count). The van der Waals surface area contributed by atoms with Gasteiger partial charge in [-0.3, -0.25) is 9.59 Å². The van der Waals surface area contributed by atoms with Crippen molar-refractivity contribution in [3.8, 4) is 5.75 Å². The molecule has 1 atom stereocenters. The first-order chi connectivity index (χ1) is 12.5. The highest BCUT2D eigenvalue weighted by molar-refractivity contribution is 6.00. The second-order valence-electron chi connectivity index (χ2n) is 6.69. The first-order valence-electron chi connectivity index (χ1n) is 8.87. The van der Waals surface area contributed by atoms with Gasteiger partial charge in [0.05, 0.1) is 12.5 Å². The number of hydrogen-bond donors (Lipinski definition) is 1. The van der Waals surface area contributed by atoms with E-state index in [9.17, 15) is 9.59 Å². The third-order valence-corrected chi connectivity index (χ3v) is 4.53. The number of nitrogens with one attached hydrogen (secondary N) is 1. The maximum Gasteiger partial charge on any atom is 0.227 e. The van der Waals surface area contributed by atoms with Crippen LogP contribution in [0, 0.1) is 19.8 Å². The number of aryl methyl sites for hydroxylation is 2. The van der Waals surface area contributed by atoms with E-state index >= 15 is 0 Å². The fourth-order valence-electron chi connectivity index (χ4n) is 2.98. The molecule has 0 aromatic heterocycles. The van der Waals surface area contributed by atoms with E-state index in [1.165, 1.54) is 5.56 Å². The van der Waals surface area contributed by atoms with Crippen LogP contribution in [0.1, 0.15) is 17.5 Å². The van der Waals surface area contributed by atoms with Gasteiger partial charge in [0.25, 0.3) is 0 Å². The first-order valence-corrected chi connectivity index (χ1v) is 8.87. The summed E-state index contributed by atoms with van der Waals surface area (Å²) in [5.41, 5.74) is 3.16. The number of hydrogen-bond acceptors (Lipinski definition) is 3. The molecule has 1 heterocycles. The zero-order valence-electron chi connectivity index (χ0n) is 15.2. The number of benzene rings is 2. The lowest BCUT2D eigenvalue weighted by molar-refractivity contribution is -0.126. The summed E-state index contributed by atoms with van der Waals surface area (Å²) in [6.45, 7) is 5.27. The number of amides is 2. The minimum absolute atomic E-state index is 0.00934. The second kappa shape index (κ2) is 8.04. The summed E-state index contributed by atoms with van der Waals surface area (Å²) in [5, 5.41) is 2.87. The molecule has 136 valence electrons. The highest BCUT2D eigenvalue weighted by Gasteiger charge is 2.34. The predicted octanol–water partition coefficient (Wildman–Crippen LogP) is 2.85. The van der Waals surface area contributed by atoms with Gasteiger partial charge in [0, 0.05) is 18.7 Å². The fourth-order valence-corrected chi connectivity index (χ4v) is 2.98. The zero-order chi connectivity index (χ0) is 18.5. The van der Waals surface area contributed by atoms with Gasteiger partial charge in [-0.1, -0.05) is 35.4 Å². The van der Waals surface area contributed by atoms with E-state index in [4.69, 9.17) is 4.74 Å². The van der Waals surface area contributed by atoms with Crippen LogP contribution in [0.25, 0.3) is 0 Å². The topological polar surface area (TPSA) is 58.6 Å². The molecular weight excluding hydrogens is 328 g/mol. The minimum Gasteiger partial charge on any atom is -0.492 e. The normalized spacial score (nSPS) is 16.6. The highest BCUT2D eigenvalue weighted by atomic mass is 16.5. The van der Waals surface area contributed by atoms with Crippen molar-refractivity contribution in [2.24, 2.45) is 5.92 Å². The van der Waals surface area contributed by atoms with Gasteiger partial charge in [0.2, 0.25) is 11.8 Å². The molecule has 0 bridgehead atoms. The second-order valence-corrected chi connectivity index (χ2v) is 6.69. The maximum absolute atomic E-state index is 12.3. The van der Waals surface area contributed by atoms with Crippen molar-refractivity contribution in [3.05, 3.63) is 59.7 Å². The van der Waals surface area contributed by atoms with Crippen LogP contribution >= 0.6 is 0 Å². The Balaban J connectivity index is 1.45. The van der Waals surface area contributed by atoms with E-state index in [1.807, 2.05) is 62.4 Å². The van der Waals surface area contributed by atoms with Gasteiger partial charge in [0.15, 0.2) is 0 Å². The van der Waals surface area contributed by atoms with Crippen molar-refractivity contribution in [3.63, 3.8) is 0 Å². The predicted molar refractivity (Wildman–Crippen MR) is 101 cm³/mol. The van der Waals surface area contributed by atoms with E-state index in [0.29, 0.717) is 19.7 Å². The van der Waals surface area contributed by atoms with Gasteiger partial charge in [-0.15, -0.1) is 0 Å². The van der Waals surface area contributed by atoms with Crippen molar-refractivity contribution in [2.75, 3.05) is 24.6 Å². The van der Waals surface area contributed by atoms with Crippen molar-refractivity contribution in [1.82, 2.24) is 5.32 Å². The molecule has 0 radical (unpaired) electrons. The Kier molecular flexibility index (Phi) is 5.56. The lowest BCUT2D eigenvalue weighted by Gasteiger charge is -2.17. The minimum atomic E-state index is -0.317. The van der Waals surface area contributed by atoms with Crippen LogP contribution in [0.4, 0.5) is 5.69 Å². The van der Waals surface area contributed by atoms with Gasteiger partial charge < -0.3 is 15.0 Å². The van der Waals surface area contributed by atoms with Gasteiger partial charge in [-0.25, -0.2) is 0 Å². The van der Waals surface area contributed by atoms with Gasteiger partial charge in [-0.05, 0) is 38.1 Å². The molecule has 1 aliphatic heterocycles. The van der Waals surface area contributed by atoms with E-state index in [1.54, 1.807) is 4.90 Å². The Morgan fingerprint density at radius 3 is 2.35 bits per heavy atom. The van der Waals surface area contributed by atoms with Crippen molar-refractivity contribution >= 4 is 17.5 Å². The van der Waals surface area contributed by atoms with Gasteiger partial charge in [0.1, 0.15) is 12.4 Å². The highest BCUT2D eigenvalue weighted by Crippen LogP contribution is 2.25. The number of nitrogens with zero attached hydrogens (tertiary/aromatic N) is 1. The molecule has 1 saturated heterocycles. The van der Waals surface area contributed by atoms with Gasteiger partial charge >= 0.3 is 0 Å². The number of rotatable bonds is 6. The first kappa shape index (κ1) is 18.0. The summed E-state index contributed by atoms with van der Waals surface area (Å²) in [6.07, 6.45) is 0.249. The molecule has 2 aromatic carbocycles. The lowest BCUT2D eigenvalue weighted by Crippen LogP contribution is -2.35. The Labute approximate surface area is 154 Å². The van der Waals surface area contributed by atoms with Gasteiger partial charge in [-0.2, -0.15) is 0 Å². The Morgan fingerprint density at radius 1 is 1.08 bits per heavy atom. The third-order valence-electron chi connectivity index (χ3n) is 4.53. The molecule has 5 heteroatoms. The van der Waals surface area contributed by atoms with Crippen molar-refractivity contribution in [1.29, 1.82) is 0 Å². The smallest absolute Gasteiger partial charge is 0.227 e. The summed E-state index contributed by atoms with van der Waals surface area (Å²) in [4.78, 5) is 26.3. The molecule has 1 fully saturated rings. The molecule has 0 unspecified atom stereocenters. The van der Waals surface area contributed by atoms with Crippen LogP contribution in [0.2, 0.25) is 0 Å². The van der Waals surface area contributed by atoms with Crippen molar-refractivity contribution in [2.45, 2.75) is 20.3 Å². The van der Waals surface area contributed by atoms with Crippen LogP contribution in [0.5, 0.6) is 5.75 Å². The molecule has 2 aromatic rings. The quantitative estimate of drug-likeness (QED) is 0.814.